The number of rotatable bonds is 11. The largest absolute Gasteiger partial charge is 0.490 e. The summed E-state index contributed by atoms with van der Waals surface area (Å²) in [5, 5.41) is 0. The highest BCUT2D eigenvalue weighted by Crippen LogP contribution is 2.29. The molecule has 0 bridgehead atoms. The van der Waals surface area contributed by atoms with E-state index in [1.807, 2.05) is 25.1 Å². The molecule has 0 aromatic heterocycles. The molecule has 0 atom stereocenters. The Morgan fingerprint density at radius 1 is 0.931 bits per heavy atom. The fraction of sp³-hybridized carbons (Fsp3) is 0.391. The first-order valence-corrected chi connectivity index (χ1v) is 9.85. The molecule has 29 heavy (non-hydrogen) atoms. The smallest absolute Gasteiger partial charge is 0.337 e. The van der Waals surface area contributed by atoms with Gasteiger partial charge in [0.05, 0.1) is 25.9 Å². The van der Waals surface area contributed by atoms with Gasteiger partial charge >= 0.3 is 11.9 Å². The Morgan fingerprint density at radius 3 is 2.34 bits per heavy atom. The van der Waals surface area contributed by atoms with Crippen LogP contribution in [-0.2, 0) is 16.0 Å². The van der Waals surface area contributed by atoms with Gasteiger partial charge in [-0.1, -0.05) is 19.4 Å². The van der Waals surface area contributed by atoms with Gasteiger partial charge in [-0.15, -0.1) is 0 Å². The van der Waals surface area contributed by atoms with Crippen LogP contribution in [0.4, 0.5) is 0 Å². The van der Waals surface area contributed by atoms with E-state index in [1.54, 1.807) is 24.3 Å². The monoisotopic (exact) mass is 400 g/mol. The van der Waals surface area contributed by atoms with Crippen LogP contribution in [0.5, 0.6) is 17.2 Å². The molecule has 0 heterocycles. The lowest BCUT2D eigenvalue weighted by Crippen LogP contribution is -2.09. The maximum atomic E-state index is 12.1. The van der Waals surface area contributed by atoms with Gasteiger partial charge in [0.1, 0.15) is 5.75 Å². The number of hydrogen-bond acceptors (Lipinski definition) is 6. The van der Waals surface area contributed by atoms with Crippen LogP contribution in [0, 0.1) is 0 Å². The minimum Gasteiger partial charge on any atom is -0.490 e. The number of carbonyl (C=O) groups is 2. The summed E-state index contributed by atoms with van der Waals surface area (Å²) in [5.74, 6) is 1.01. The van der Waals surface area contributed by atoms with Gasteiger partial charge in [0, 0.05) is 6.42 Å². The quantitative estimate of drug-likeness (QED) is 0.312. The van der Waals surface area contributed by atoms with Crippen LogP contribution in [0.2, 0.25) is 0 Å². The van der Waals surface area contributed by atoms with Crippen LogP contribution < -0.4 is 14.2 Å². The van der Waals surface area contributed by atoms with Gasteiger partial charge in [-0.2, -0.15) is 0 Å². The van der Waals surface area contributed by atoms with E-state index in [9.17, 15) is 9.59 Å². The Kier molecular flexibility index (Phi) is 9.02. The highest BCUT2D eigenvalue weighted by atomic mass is 16.5. The van der Waals surface area contributed by atoms with Gasteiger partial charge in [0.25, 0.3) is 0 Å². The van der Waals surface area contributed by atoms with Crippen molar-refractivity contribution in [1.29, 1.82) is 0 Å². The van der Waals surface area contributed by atoms with E-state index in [4.69, 9.17) is 14.2 Å². The van der Waals surface area contributed by atoms with Crippen LogP contribution in [0.3, 0.4) is 0 Å². The van der Waals surface area contributed by atoms with Crippen molar-refractivity contribution in [2.75, 3.05) is 20.3 Å². The summed E-state index contributed by atoms with van der Waals surface area (Å²) in [7, 11) is 1.32. The number of carbonyl (C=O) groups excluding carboxylic acids is 2. The molecule has 156 valence electrons. The molecule has 0 N–H and O–H groups in total. The van der Waals surface area contributed by atoms with Crippen molar-refractivity contribution >= 4 is 11.9 Å². The molecule has 0 radical (unpaired) electrons. The van der Waals surface area contributed by atoms with Crippen molar-refractivity contribution < 1.29 is 28.5 Å². The number of unbranched alkanes of at least 4 members (excludes halogenated alkanes) is 1. The van der Waals surface area contributed by atoms with E-state index in [0.29, 0.717) is 36.7 Å². The highest BCUT2D eigenvalue weighted by Gasteiger charge is 2.11. The van der Waals surface area contributed by atoms with E-state index in [-0.39, 0.29) is 12.4 Å². The third-order valence-corrected chi connectivity index (χ3v) is 4.19. The molecule has 6 nitrogen and oxygen atoms in total. The van der Waals surface area contributed by atoms with E-state index in [2.05, 4.69) is 11.7 Å². The second-order valence-corrected chi connectivity index (χ2v) is 6.41. The molecule has 0 fully saturated rings. The fourth-order valence-electron chi connectivity index (χ4n) is 2.63. The Bertz CT molecular complexity index is 798. The number of ether oxygens (including phenoxy) is 4. The van der Waals surface area contributed by atoms with E-state index < -0.39 is 5.97 Å². The molecule has 0 amide bonds. The maximum Gasteiger partial charge on any atom is 0.337 e. The molecule has 0 spiro atoms. The summed E-state index contributed by atoms with van der Waals surface area (Å²) < 4.78 is 21.4. The summed E-state index contributed by atoms with van der Waals surface area (Å²) in [6, 6.07) is 12.0. The lowest BCUT2D eigenvalue weighted by Gasteiger charge is -2.13. The minimum absolute atomic E-state index is 0.223. The Balaban J connectivity index is 1.91. The lowest BCUT2D eigenvalue weighted by molar-refractivity contribution is -0.134. The summed E-state index contributed by atoms with van der Waals surface area (Å²) in [5.41, 5.74) is 1.37. The first-order valence-electron chi connectivity index (χ1n) is 9.85. The van der Waals surface area contributed by atoms with Crippen molar-refractivity contribution in [3.8, 4) is 17.2 Å². The second-order valence-electron chi connectivity index (χ2n) is 6.41. The van der Waals surface area contributed by atoms with Crippen LogP contribution in [0.1, 0.15) is 49.0 Å². The predicted octanol–water partition coefficient (Wildman–Crippen LogP) is 4.59. The van der Waals surface area contributed by atoms with E-state index >= 15 is 0 Å². The average molecular weight is 400 g/mol. The summed E-state index contributed by atoms with van der Waals surface area (Å²) in [4.78, 5) is 23.6. The first-order chi connectivity index (χ1) is 14.1. The van der Waals surface area contributed by atoms with Crippen LogP contribution in [0.25, 0.3) is 0 Å². The molecule has 0 saturated heterocycles. The molecule has 2 rings (SSSR count). The molecule has 2 aromatic carbocycles. The lowest BCUT2D eigenvalue weighted by atomic mass is 10.1. The zero-order valence-corrected chi connectivity index (χ0v) is 17.2. The summed E-state index contributed by atoms with van der Waals surface area (Å²) in [6.45, 7) is 5.22. The number of esters is 2. The molecule has 6 heteroatoms. The van der Waals surface area contributed by atoms with Gasteiger partial charge in [-0.05, 0) is 61.7 Å². The Hall–Kier alpha value is -3.02. The molecule has 2 aromatic rings. The van der Waals surface area contributed by atoms with Gasteiger partial charge in [0.2, 0.25) is 0 Å². The number of hydrogen-bond donors (Lipinski definition) is 0. The van der Waals surface area contributed by atoms with Crippen LogP contribution >= 0.6 is 0 Å². The highest BCUT2D eigenvalue weighted by molar-refractivity contribution is 5.89. The van der Waals surface area contributed by atoms with Crippen LogP contribution in [-0.4, -0.2) is 32.3 Å². The number of methoxy groups -OCH3 is 1. The molecule has 0 saturated carbocycles. The average Bonchev–Trinajstić information content (AvgIpc) is 2.74. The Morgan fingerprint density at radius 2 is 1.69 bits per heavy atom. The molecule has 0 unspecified atom stereocenters. The zero-order valence-electron chi connectivity index (χ0n) is 17.2. The standard InChI is InChI=1S/C23H28O6/c1-4-6-15-28-20-13-7-17(16-21(20)27-5-2)8-14-22(24)29-19-11-9-18(10-12-19)23(25)26-3/h7,9-13,16H,4-6,8,14-15H2,1-3H3. The SMILES string of the molecule is CCCCOc1ccc(CCC(=O)Oc2ccc(C(=O)OC)cc2)cc1OCC. The van der Waals surface area contributed by atoms with Gasteiger partial charge in [0.15, 0.2) is 11.5 Å². The number of benzene rings is 2. The summed E-state index contributed by atoms with van der Waals surface area (Å²) in [6.07, 6.45) is 2.80. The molecule has 0 aliphatic carbocycles. The fourth-order valence-corrected chi connectivity index (χ4v) is 2.63. The minimum atomic E-state index is -0.435. The topological polar surface area (TPSA) is 71.1 Å². The first kappa shape index (κ1) is 22.3. The van der Waals surface area contributed by atoms with Crippen molar-refractivity contribution in [2.24, 2.45) is 0 Å². The van der Waals surface area contributed by atoms with Gasteiger partial charge in [-0.25, -0.2) is 4.79 Å². The van der Waals surface area contributed by atoms with Crippen molar-refractivity contribution in [3.63, 3.8) is 0 Å². The maximum absolute atomic E-state index is 12.1. The second kappa shape index (κ2) is 11.7. The Labute approximate surface area is 171 Å². The van der Waals surface area contributed by atoms with Crippen molar-refractivity contribution in [3.05, 3.63) is 53.6 Å². The van der Waals surface area contributed by atoms with E-state index in [1.165, 1.54) is 7.11 Å². The van der Waals surface area contributed by atoms with Gasteiger partial charge in [-0.3, -0.25) is 4.79 Å². The third kappa shape index (κ3) is 7.14. The summed E-state index contributed by atoms with van der Waals surface area (Å²) >= 11 is 0. The third-order valence-electron chi connectivity index (χ3n) is 4.19. The molecular formula is C23H28O6. The van der Waals surface area contributed by atoms with E-state index in [0.717, 1.165) is 24.2 Å². The zero-order chi connectivity index (χ0) is 21.1. The van der Waals surface area contributed by atoms with Crippen molar-refractivity contribution in [1.82, 2.24) is 0 Å². The number of aryl methyl sites for hydroxylation is 1. The van der Waals surface area contributed by atoms with Crippen molar-refractivity contribution in [2.45, 2.75) is 39.5 Å². The predicted molar refractivity (Wildman–Crippen MR) is 110 cm³/mol. The van der Waals surface area contributed by atoms with Gasteiger partial charge < -0.3 is 18.9 Å². The molecule has 0 aliphatic rings. The van der Waals surface area contributed by atoms with Crippen LogP contribution in [0.15, 0.2) is 42.5 Å². The normalized spacial score (nSPS) is 10.3. The molecular weight excluding hydrogens is 372 g/mol. The molecule has 0 aliphatic heterocycles.